The monoisotopic (exact) mass is 350 g/mol. The molecule has 26 heavy (non-hydrogen) atoms. The van der Waals surface area contributed by atoms with E-state index >= 15 is 0 Å². The van der Waals surface area contributed by atoms with Gasteiger partial charge in [-0.15, -0.1) is 0 Å². The lowest BCUT2D eigenvalue weighted by molar-refractivity contribution is 0.0938. The molecule has 4 rings (SSSR count). The quantitative estimate of drug-likeness (QED) is 0.901. The van der Waals surface area contributed by atoms with Crippen molar-refractivity contribution in [3.63, 3.8) is 0 Å². The third-order valence-electron chi connectivity index (χ3n) is 5.29. The summed E-state index contributed by atoms with van der Waals surface area (Å²) in [5.41, 5.74) is 2.03. The maximum Gasteiger partial charge on any atom is 0.255 e. The average molecular weight is 350 g/mol. The van der Waals surface area contributed by atoms with Crippen LogP contribution in [-0.4, -0.2) is 48.0 Å². The Labute approximate surface area is 155 Å². The highest BCUT2D eigenvalue weighted by molar-refractivity contribution is 5.99. The molecule has 1 aromatic heterocycles. The van der Waals surface area contributed by atoms with Crippen molar-refractivity contribution >= 4 is 11.7 Å². The van der Waals surface area contributed by atoms with Gasteiger partial charge in [0.1, 0.15) is 5.82 Å². The number of pyridine rings is 1. The van der Waals surface area contributed by atoms with Crippen molar-refractivity contribution in [1.82, 2.24) is 15.2 Å². The van der Waals surface area contributed by atoms with Gasteiger partial charge in [-0.1, -0.05) is 30.3 Å². The van der Waals surface area contributed by atoms with Crippen molar-refractivity contribution in [2.75, 3.05) is 31.1 Å². The van der Waals surface area contributed by atoms with Crippen LogP contribution in [0.3, 0.4) is 0 Å². The molecule has 0 radical (unpaired) electrons. The highest BCUT2D eigenvalue weighted by Gasteiger charge is 2.26. The summed E-state index contributed by atoms with van der Waals surface area (Å²) in [7, 11) is 0. The summed E-state index contributed by atoms with van der Waals surface area (Å²) in [5, 5.41) is 3.23. The minimum absolute atomic E-state index is 0.00608. The van der Waals surface area contributed by atoms with Crippen LogP contribution in [0.1, 0.15) is 35.2 Å². The number of anilines is 1. The summed E-state index contributed by atoms with van der Waals surface area (Å²) in [6.07, 6.45) is 5.13. The van der Waals surface area contributed by atoms with Crippen LogP contribution in [0, 0.1) is 0 Å². The Morgan fingerprint density at radius 3 is 2.69 bits per heavy atom. The Kier molecular flexibility index (Phi) is 5.16. The molecular formula is C21H26N4O. The molecule has 1 atom stereocenters. The topological polar surface area (TPSA) is 48.5 Å². The van der Waals surface area contributed by atoms with Crippen LogP contribution in [0.5, 0.6) is 0 Å². The number of hydrogen-bond donors (Lipinski definition) is 1. The average Bonchev–Trinajstić information content (AvgIpc) is 3.35. The Morgan fingerprint density at radius 2 is 1.88 bits per heavy atom. The summed E-state index contributed by atoms with van der Waals surface area (Å²) < 4.78 is 0. The van der Waals surface area contributed by atoms with Crippen molar-refractivity contribution in [2.24, 2.45) is 0 Å². The molecule has 136 valence electrons. The van der Waals surface area contributed by atoms with Crippen LogP contribution in [0.25, 0.3) is 0 Å². The number of benzene rings is 1. The molecule has 2 aromatic rings. The zero-order valence-electron chi connectivity index (χ0n) is 15.1. The summed E-state index contributed by atoms with van der Waals surface area (Å²) in [6.45, 7) is 4.85. The first-order valence-corrected chi connectivity index (χ1v) is 9.57. The lowest BCUT2D eigenvalue weighted by Crippen LogP contribution is -2.38. The molecule has 2 aliphatic heterocycles. The van der Waals surface area contributed by atoms with Crippen LogP contribution in [0.4, 0.5) is 5.82 Å². The molecular weight excluding hydrogens is 324 g/mol. The van der Waals surface area contributed by atoms with Crippen LogP contribution in [0.2, 0.25) is 0 Å². The predicted molar refractivity (Wildman–Crippen MR) is 103 cm³/mol. The molecule has 0 unspecified atom stereocenters. The lowest BCUT2D eigenvalue weighted by atomic mass is 10.2. The molecule has 5 heteroatoms. The molecule has 0 saturated carbocycles. The Morgan fingerprint density at radius 1 is 1.08 bits per heavy atom. The second kappa shape index (κ2) is 7.87. The molecule has 1 amide bonds. The Hall–Kier alpha value is -2.40. The van der Waals surface area contributed by atoms with Crippen LogP contribution in [-0.2, 0) is 6.54 Å². The van der Waals surface area contributed by atoms with Gasteiger partial charge in [0.25, 0.3) is 5.91 Å². The molecule has 2 aliphatic rings. The SMILES string of the molecule is O=C(N[C@@H]1CCN(Cc2ccccc2)C1)c1cccnc1N1CCCC1. The fourth-order valence-electron chi connectivity index (χ4n) is 3.95. The van der Waals surface area contributed by atoms with Crippen LogP contribution >= 0.6 is 0 Å². The minimum atomic E-state index is 0.00608. The fraction of sp³-hybridized carbons (Fsp3) is 0.429. The van der Waals surface area contributed by atoms with Gasteiger partial charge >= 0.3 is 0 Å². The smallest absolute Gasteiger partial charge is 0.255 e. The molecule has 5 nitrogen and oxygen atoms in total. The minimum Gasteiger partial charge on any atom is -0.356 e. The number of nitrogens with zero attached hydrogens (tertiary/aromatic N) is 3. The zero-order valence-corrected chi connectivity index (χ0v) is 15.1. The highest BCUT2D eigenvalue weighted by atomic mass is 16.1. The standard InChI is InChI=1S/C21H26N4O/c26-21(19-9-6-11-22-20(19)25-12-4-5-13-25)23-18-10-14-24(16-18)15-17-7-2-1-3-8-17/h1-3,6-9,11,18H,4-5,10,12-16H2,(H,23,26)/t18-/m1/s1. The first-order valence-electron chi connectivity index (χ1n) is 9.57. The van der Waals surface area contributed by atoms with E-state index in [0.717, 1.165) is 45.0 Å². The maximum atomic E-state index is 12.8. The predicted octanol–water partition coefficient (Wildman–Crippen LogP) is 2.69. The van der Waals surface area contributed by atoms with E-state index in [9.17, 15) is 4.79 Å². The summed E-state index contributed by atoms with van der Waals surface area (Å²) in [6, 6.07) is 14.5. The van der Waals surface area contributed by atoms with Crippen molar-refractivity contribution < 1.29 is 4.79 Å². The van der Waals surface area contributed by atoms with E-state index in [4.69, 9.17) is 0 Å². The third kappa shape index (κ3) is 3.88. The van der Waals surface area contributed by atoms with Crippen molar-refractivity contribution in [3.8, 4) is 0 Å². The van der Waals surface area contributed by atoms with Crippen molar-refractivity contribution in [2.45, 2.75) is 31.8 Å². The number of carbonyl (C=O) groups excluding carboxylic acids is 1. The van der Waals surface area contributed by atoms with E-state index in [2.05, 4.69) is 44.4 Å². The number of carbonyl (C=O) groups is 1. The van der Waals surface area contributed by atoms with Gasteiger partial charge in [0.05, 0.1) is 5.56 Å². The lowest BCUT2D eigenvalue weighted by Gasteiger charge is -2.21. The number of aromatic nitrogens is 1. The van der Waals surface area contributed by atoms with E-state index in [0.29, 0.717) is 5.56 Å². The molecule has 1 N–H and O–H groups in total. The molecule has 0 spiro atoms. The number of hydrogen-bond acceptors (Lipinski definition) is 4. The van der Waals surface area contributed by atoms with Gasteiger partial charge in [-0.05, 0) is 37.0 Å². The fourth-order valence-corrected chi connectivity index (χ4v) is 3.95. The van der Waals surface area contributed by atoms with E-state index in [1.165, 1.54) is 18.4 Å². The third-order valence-corrected chi connectivity index (χ3v) is 5.29. The van der Waals surface area contributed by atoms with Gasteiger partial charge in [-0.2, -0.15) is 0 Å². The summed E-state index contributed by atoms with van der Waals surface area (Å²) >= 11 is 0. The van der Waals surface area contributed by atoms with Crippen molar-refractivity contribution in [3.05, 3.63) is 59.8 Å². The molecule has 1 aromatic carbocycles. The van der Waals surface area contributed by atoms with Gasteiger partial charge in [0.15, 0.2) is 0 Å². The maximum absolute atomic E-state index is 12.8. The number of amides is 1. The molecule has 2 saturated heterocycles. The van der Waals surface area contributed by atoms with E-state index < -0.39 is 0 Å². The van der Waals surface area contributed by atoms with Gasteiger partial charge < -0.3 is 10.2 Å². The molecule has 2 fully saturated rings. The summed E-state index contributed by atoms with van der Waals surface area (Å²) in [5.74, 6) is 0.841. The highest BCUT2D eigenvalue weighted by Crippen LogP contribution is 2.22. The number of likely N-dealkylation sites (tertiary alicyclic amines) is 1. The van der Waals surface area contributed by atoms with Crippen LogP contribution < -0.4 is 10.2 Å². The second-order valence-corrected chi connectivity index (χ2v) is 7.25. The zero-order chi connectivity index (χ0) is 17.8. The van der Waals surface area contributed by atoms with Gasteiger partial charge in [0, 0.05) is 45.0 Å². The van der Waals surface area contributed by atoms with Gasteiger partial charge in [-0.3, -0.25) is 9.69 Å². The van der Waals surface area contributed by atoms with Gasteiger partial charge in [0.2, 0.25) is 0 Å². The number of rotatable bonds is 5. The van der Waals surface area contributed by atoms with Crippen LogP contribution in [0.15, 0.2) is 48.7 Å². The molecule has 0 bridgehead atoms. The van der Waals surface area contributed by atoms with Crippen molar-refractivity contribution in [1.29, 1.82) is 0 Å². The first-order chi connectivity index (χ1) is 12.8. The number of nitrogens with one attached hydrogen (secondary N) is 1. The van der Waals surface area contributed by atoms with E-state index in [1.54, 1.807) is 6.20 Å². The summed E-state index contributed by atoms with van der Waals surface area (Å²) in [4.78, 5) is 22.0. The normalized spacial score (nSPS) is 20.5. The first kappa shape index (κ1) is 17.0. The molecule has 3 heterocycles. The van der Waals surface area contributed by atoms with E-state index in [1.807, 2.05) is 18.2 Å². The largest absolute Gasteiger partial charge is 0.356 e. The van der Waals surface area contributed by atoms with Gasteiger partial charge in [-0.25, -0.2) is 4.98 Å². The molecule has 0 aliphatic carbocycles. The Bertz CT molecular complexity index is 743. The van der Waals surface area contributed by atoms with E-state index in [-0.39, 0.29) is 11.9 Å². The Balaban J connectivity index is 1.37. The second-order valence-electron chi connectivity index (χ2n) is 7.25.